The normalized spacial score (nSPS) is 13.8. The van der Waals surface area contributed by atoms with Gasteiger partial charge in [0.1, 0.15) is 6.61 Å². The van der Waals surface area contributed by atoms with Crippen molar-refractivity contribution >= 4 is 6.08 Å². The summed E-state index contributed by atoms with van der Waals surface area (Å²) < 4.78 is 10.3. The molecule has 2 rings (SSSR count). The first-order valence-electron chi connectivity index (χ1n) is 3.34. The zero-order valence-corrected chi connectivity index (χ0v) is 5.83. The molecular formula is C8H7NO2. The Kier molecular flexibility index (Phi) is 1.28. The zero-order chi connectivity index (χ0) is 7.68. The van der Waals surface area contributed by atoms with Crippen LogP contribution in [-0.2, 0) is 0 Å². The molecule has 0 aromatic carbocycles. The van der Waals surface area contributed by atoms with Gasteiger partial charge in [-0.15, -0.1) is 0 Å². The molecular weight excluding hydrogens is 142 g/mol. The smallest absolute Gasteiger partial charge is 0.212 e. The fourth-order valence-electron chi connectivity index (χ4n) is 0.965. The fraction of sp³-hybridized carbons (Fsp3) is 0.125. The zero-order valence-electron chi connectivity index (χ0n) is 5.83. The van der Waals surface area contributed by atoms with Crippen molar-refractivity contribution in [1.82, 2.24) is 0 Å². The van der Waals surface area contributed by atoms with Crippen molar-refractivity contribution in [2.45, 2.75) is 0 Å². The number of nitrogens with one attached hydrogen (secondary N) is 1. The van der Waals surface area contributed by atoms with Crippen molar-refractivity contribution in [3.63, 3.8) is 0 Å². The van der Waals surface area contributed by atoms with Crippen molar-refractivity contribution in [3.05, 3.63) is 29.5 Å². The lowest BCUT2D eigenvalue weighted by Crippen LogP contribution is -2.04. The highest BCUT2D eigenvalue weighted by Gasteiger charge is 2.05. The summed E-state index contributed by atoms with van der Waals surface area (Å²) in [6, 6.07) is 3.31. The first kappa shape index (κ1) is 6.22. The second-order valence-electron chi connectivity index (χ2n) is 2.24. The van der Waals surface area contributed by atoms with Crippen LogP contribution in [0.25, 0.3) is 6.08 Å². The van der Waals surface area contributed by atoms with Gasteiger partial charge in [-0.25, -0.2) is 0 Å². The summed E-state index contributed by atoms with van der Waals surface area (Å²) in [6.07, 6.45) is 3.67. The van der Waals surface area contributed by atoms with Gasteiger partial charge in [0.2, 0.25) is 5.55 Å². The van der Waals surface area contributed by atoms with E-state index in [0.717, 1.165) is 0 Å². The molecule has 1 aromatic rings. The third kappa shape index (κ3) is 1.05. The number of hydrogen-bond acceptors (Lipinski definition) is 3. The van der Waals surface area contributed by atoms with Gasteiger partial charge in [-0.3, -0.25) is 5.41 Å². The molecule has 56 valence electrons. The van der Waals surface area contributed by atoms with Crippen LogP contribution in [0.15, 0.2) is 22.6 Å². The van der Waals surface area contributed by atoms with Gasteiger partial charge in [-0.1, -0.05) is 0 Å². The summed E-state index contributed by atoms with van der Waals surface area (Å²) in [5.74, 6) is 1.34. The minimum atomic E-state index is 0.152. The lowest BCUT2D eigenvalue weighted by Gasteiger charge is -2.09. The summed E-state index contributed by atoms with van der Waals surface area (Å²) in [4.78, 5) is 0. The Balaban J connectivity index is 2.63. The third-order valence-electron chi connectivity index (χ3n) is 1.45. The van der Waals surface area contributed by atoms with E-state index >= 15 is 0 Å². The molecule has 0 atom stereocenters. The Morgan fingerprint density at radius 1 is 1.36 bits per heavy atom. The summed E-state index contributed by atoms with van der Waals surface area (Å²) in [6.45, 7) is 0.583. The van der Waals surface area contributed by atoms with E-state index in [1.807, 2.05) is 12.2 Å². The molecule has 3 nitrogen and oxygen atoms in total. The van der Waals surface area contributed by atoms with E-state index in [9.17, 15) is 0 Å². The Hall–Kier alpha value is -1.51. The van der Waals surface area contributed by atoms with Crippen LogP contribution >= 0.6 is 0 Å². The van der Waals surface area contributed by atoms with Crippen molar-refractivity contribution < 1.29 is 9.15 Å². The maximum absolute atomic E-state index is 7.18. The van der Waals surface area contributed by atoms with Crippen LogP contribution in [0.4, 0.5) is 0 Å². The van der Waals surface area contributed by atoms with Gasteiger partial charge in [0.05, 0.1) is 0 Å². The van der Waals surface area contributed by atoms with Gasteiger partial charge in [-0.2, -0.15) is 0 Å². The Bertz CT molecular complexity index is 351. The van der Waals surface area contributed by atoms with Gasteiger partial charge < -0.3 is 9.15 Å². The topological polar surface area (TPSA) is 46.2 Å². The van der Waals surface area contributed by atoms with Gasteiger partial charge in [0.25, 0.3) is 0 Å². The minimum absolute atomic E-state index is 0.152. The van der Waals surface area contributed by atoms with Crippen LogP contribution in [0.2, 0.25) is 0 Å². The average Bonchev–Trinajstić information content (AvgIpc) is 2.04. The van der Waals surface area contributed by atoms with Crippen LogP contribution in [0.5, 0.6) is 5.75 Å². The largest absolute Gasteiger partial charge is 0.486 e. The molecule has 0 saturated carbocycles. The maximum atomic E-state index is 7.18. The van der Waals surface area contributed by atoms with Crippen LogP contribution in [0, 0.1) is 5.41 Å². The van der Waals surface area contributed by atoms with E-state index in [-0.39, 0.29) is 5.55 Å². The molecule has 1 aromatic heterocycles. The predicted molar refractivity (Wildman–Crippen MR) is 39.1 cm³/mol. The SMILES string of the molecule is N=c1ccc2c(o1)C=CCO2. The molecule has 1 aliphatic heterocycles. The van der Waals surface area contributed by atoms with Crippen molar-refractivity contribution in [2.24, 2.45) is 0 Å². The van der Waals surface area contributed by atoms with E-state index < -0.39 is 0 Å². The van der Waals surface area contributed by atoms with Gasteiger partial charge in [0, 0.05) is 6.07 Å². The van der Waals surface area contributed by atoms with Gasteiger partial charge in [0.15, 0.2) is 11.5 Å². The second-order valence-corrected chi connectivity index (χ2v) is 2.24. The highest BCUT2D eigenvalue weighted by atomic mass is 16.5. The summed E-state index contributed by atoms with van der Waals surface area (Å²) in [5.41, 5.74) is 0.152. The van der Waals surface area contributed by atoms with Gasteiger partial charge in [-0.05, 0) is 18.2 Å². The first-order chi connectivity index (χ1) is 5.36. The third-order valence-corrected chi connectivity index (χ3v) is 1.45. The summed E-state index contributed by atoms with van der Waals surface area (Å²) >= 11 is 0. The molecule has 1 aliphatic rings. The lowest BCUT2D eigenvalue weighted by atomic mass is 10.3. The quantitative estimate of drug-likeness (QED) is 0.601. The van der Waals surface area contributed by atoms with Crippen LogP contribution in [-0.4, -0.2) is 6.61 Å². The number of hydrogen-bond donors (Lipinski definition) is 1. The van der Waals surface area contributed by atoms with Gasteiger partial charge >= 0.3 is 0 Å². The molecule has 0 spiro atoms. The summed E-state index contributed by atoms with van der Waals surface area (Å²) in [7, 11) is 0. The van der Waals surface area contributed by atoms with E-state index in [0.29, 0.717) is 18.1 Å². The molecule has 3 heteroatoms. The minimum Gasteiger partial charge on any atom is -0.486 e. The van der Waals surface area contributed by atoms with E-state index in [1.165, 1.54) is 0 Å². The van der Waals surface area contributed by atoms with Crippen molar-refractivity contribution in [3.8, 4) is 5.75 Å². The predicted octanol–water partition coefficient (Wildman–Crippen LogP) is 1.16. The monoisotopic (exact) mass is 149 g/mol. The molecule has 11 heavy (non-hydrogen) atoms. The first-order valence-corrected chi connectivity index (χ1v) is 3.34. The molecule has 2 heterocycles. The lowest BCUT2D eigenvalue weighted by molar-refractivity contribution is 0.331. The van der Waals surface area contributed by atoms with E-state index in [2.05, 4.69) is 0 Å². The van der Waals surface area contributed by atoms with Crippen LogP contribution < -0.4 is 10.3 Å². The molecule has 0 saturated heterocycles. The van der Waals surface area contributed by atoms with Crippen molar-refractivity contribution in [2.75, 3.05) is 6.61 Å². The number of fused-ring (bicyclic) bond motifs is 1. The van der Waals surface area contributed by atoms with Crippen LogP contribution in [0.1, 0.15) is 5.76 Å². The number of rotatable bonds is 0. The van der Waals surface area contributed by atoms with Crippen LogP contribution in [0.3, 0.4) is 0 Å². The fourth-order valence-corrected chi connectivity index (χ4v) is 0.965. The molecule has 0 radical (unpaired) electrons. The standard InChI is InChI=1S/C8H7NO2/c9-8-4-3-6-7(11-8)2-1-5-10-6/h1-4,9H,5H2. The molecule has 0 fully saturated rings. The summed E-state index contributed by atoms with van der Waals surface area (Å²) in [5, 5.41) is 7.18. The molecule has 0 aliphatic carbocycles. The molecule has 0 amide bonds. The second kappa shape index (κ2) is 2.27. The average molecular weight is 149 g/mol. The maximum Gasteiger partial charge on any atom is 0.212 e. The van der Waals surface area contributed by atoms with Crippen molar-refractivity contribution in [1.29, 1.82) is 5.41 Å². The molecule has 0 bridgehead atoms. The number of ether oxygens (including phenoxy) is 1. The molecule has 1 N–H and O–H groups in total. The Labute approximate surface area is 63.4 Å². The molecule has 0 unspecified atom stereocenters. The Morgan fingerprint density at radius 3 is 3.18 bits per heavy atom. The van der Waals surface area contributed by atoms with E-state index in [4.69, 9.17) is 14.6 Å². The van der Waals surface area contributed by atoms with E-state index in [1.54, 1.807) is 12.1 Å². The highest BCUT2D eigenvalue weighted by Crippen LogP contribution is 2.20. The Morgan fingerprint density at radius 2 is 2.27 bits per heavy atom. The highest BCUT2D eigenvalue weighted by molar-refractivity contribution is 5.52.